The van der Waals surface area contributed by atoms with Gasteiger partial charge in [0.15, 0.2) is 0 Å². The average Bonchev–Trinajstić information content (AvgIpc) is 3.46. The summed E-state index contributed by atoms with van der Waals surface area (Å²) < 4.78 is 0. The number of para-hydroxylation sites is 2. The Balaban J connectivity index is 1.42. The lowest BCUT2D eigenvalue weighted by atomic mass is 9.97. The van der Waals surface area contributed by atoms with Gasteiger partial charge in [0.2, 0.25) is 11.8 Å². The zero-order valence-corrected chi connectivity index (χ0v) is 24.7. The molecule has 5 N–H and O–H groups in total. The second kappa shape index (κ2) is 13.1. The highest BCUT2D eigenvalue weighted by molar-refractivity contribution is 6.00. The standard InChI is InChI=1S/C32H38N8O3/c1-21(41)19-33-32(2,3)18-29(42)34-27-17-16-22-10-5-9-15-28(22)40(30(27)43)20-23-11-4-6-12-24(23)25-13-7-8-14-26(25)35-31-36-38-39-37-31/h4-15,21,27,33,41H,16-20H2,1-3H3,(H,34,42)(H2,35,36,37,38,39)/t21-,27-/m1/s1. The predicted molar refractivity (Wildman–Crippen MR) is 166 cm³/mol. The Morgan fingerprint density at radius 2 is 1.79 bits per heavy atom. The fourth-order valence-corrected chi connectivity index (χ4v) is 5.40. The number of β-amino-alcohol motifs (C(OH)–C–C–N with tert-alkyl or cyclic N) is 1. The van der Waals surface area contributed by atoms with E-state index >= 15 is 0 Å². The highest BCUT2D eigenvalue weighted by atomic mass is 16.3. The van der Waals surface area contributed by atoms with Gasteiger partial charge in [-0.15, -0.1) is 5.10 Å². The third kappa shape index (κ3) is 7.43. The van der Waals surface area contributed by atoms with Crippen molar-refractivity contribution in [3.05, 3.63) is 83.9 Å². The molecule has 1 aliphatic rings. The molecule has 43 heavy (non-hydrogen) atoms. The number of carbonyl (C=O) groups is 2. The summed E-state index contributed by atoms with van der Waals surface area (Å²) in [5.74, 6) is -0.0142. The van der Waals surface area contributed by atoms with Gasteiger partial charge >= 0.3 is 0 Å². The van der Waals surface area contributed by atoms with Crippen molar-refractivity contribution < 1.29 is 14.7 Å². The molecule has 224 valence electrons. The van der Waals surface area contributed by atoms with Gasteiger partial charge in [-0.1, -0.05) is 65.8 Å². The van der Waals surface area contributed by atoms with E-state index in [0.717, 1.165) is 33.6 Å². The van der Waals surface area contributed by atoms with Crippen LogP contribution in [-0.2, 0) is 22.6 Å². The number of amides is 2. The predicted octanol–water partition coefficient (Wildman–Crippen LogP) is 3.71. The molecule has 11 nitrogen and oxygen atoms in total. The number of aliphatic hydroxyl groups is 1. The van der Waals surface area contributed by atoms with Crippen molar-refractivity contribution in [2.45, 2.75) is 64.3 Å². The molecule has 0 aliphatic carbocycles. The lowest BCUT2D eigenvalue weighted by Gasteiger charge is -2.29. The largest absolute Gasteiger partial charge is 0.392 e. The zero-order chi connectivity index (χ0) is 30.4. The molecule has 2 heterocycles. The highest BCUT2D eigenvalue weighted by Gasteiger charge is 2.33. The number of H-pyrrole nitrogens is 1. The van der Waals surface area contributed by atoms with Gasteiger partial charge in [-0.2, -0.15) is 5.21 Å². The van der Waals surface area contributed by atoms with Crippen molar-refractivity contribution in [1.82, 2.24) is 31.3 Å². The molecule has 0 radical (unpaired) electrons. The van der Waals surface area contributed by atoms with Gasteiger partial charge in [0.25, 0.3) is 5.95 Å². The number of benzene rings is 3. The number of carbonyl (C=O) groups excluding carboxylic acids is 2. The fourth-order valence-electron chi connectivity index (χ4n) is 5.40. The van der Waals surface area contributed by atoms with Crippen LogP contribution in [0.4, 0.5) is 17.3 Å². The second-order valence-electron chi connectivity index (χ2n) is 11.6. The molecule has 2 amide bonds. The van der Waals surface area contributed by atoms with Gasteiger partial charge in [-0.3, -0.25) is 9.59 Å². The number of aryl methyl sites for hydroxylation is 1. The summed E-state index contributed by atoms with van der Waals surface area (Å²) >= 11 is 0. The number of tetrazole rings is 1. The molecular weight excluding hydrogens is 544 g/mol. The number of aromatic nitrogens is 4. The van der Waals surface area contributed by atoms with Crippen molar-refractivity contribution in [2.75, 3.05) is 16.8 Å². The monoisotopic (exact) mass is 582 g/mol. The van der Waals surface area contributed by atoms with Crippen LogP contribution in [0.5, 0.6) is 0 Å². The lowest BCUT2D eigenvalue weighted by Crippen LogP contribution is -2.51. The minimum Gasteiger partial charge on any atom is -0.392 e. The van der Waals surface area contributed by atoms with Crippen LogP contribution < -0.4 is 20.9 Å². The first-order valence-electron chi connectivity index (χ1n) is 14.5. The summed E-state index contributed by atoms with van der Waals surface area (Å²) in [4.78, 5) is 29.1. The quantitative estimate of drug-likeness (QED) is 0.180. The molecule has 11 heteroatoms. The summed E-state index contributed by atoms with van der Waals surface area (Å²) in [6.45, 7) is 6.21. The van der Waals surface area contributed by atoms with Gasteiger partial charge in [-0.05, 0) is 67.6 Å². The van der Waals surface area contributed by atoms with E-state index in [1.807, 2.05) is 86.6 Å². The maximum atomic E-state index is 14.2. The number of fused-ring (bicyclic) bond motifs is 1. The van der Waals surface area contributed by atoms with Crippen molar-refractivity contribution >= 4 is 29.1 Å². The first kappa shape index (κ1) is 29.9. The Kier molecular flexibility index (Phi) is 9.13. The molecule has 2 atom stereocenters. The lowest BCUT2D eigenvalue weighted by molar-refractivity contribution is -0.128. The van der Waals surface area contributed by atoms with E-state index in [9.17, 15) is 14.7 Å². The van der Waals surface area contributed by atoms with Crippen LogP contribution in [0.15, 0.2) is 72.8 Å². The Labute approximate surface area is 251 Å². The van der Waals surface area contributed by atoms with E-state index in [1.54, 1.807) is 11.8 Å². The minimum atomic E-state index is -0.674. The number of nitrogens with zero attached hydrogens (tertiary/aromatic N) is 4. The molecule has 1 aromatic heterocycles. The van der Waals surface area contributed by atoms with Crippen LogP contribution in [0.3, 0.4) is 0 Å². The first-order chi connectivity index (χ1) is 20.7. The van der Waals surface area contributed by atoms with Crippen LogP contribution >= 0.6 is 0 Å². The minimum absolute atomic E-state index is 0.152. The molecule has 0 saturated heterocycles. The van der Waals surface area contributed by atoms with E-state index in [4.69, 9.17) is 0 Å². The normalized spacial score (nSPS) is 15.9. The molecule has 0 fully saturated rings. The van der Waals surface area contributed by atoms with E-state index in [1.165, 1.54) is 0 Å². The Bertz CT molecular complexity index is 1550. The maximum absolute atomic E-state index is 14.2. The van der Waals surface area contributed by atoms with Gasteiger partial charge < -0.3 is 26.0 Å². The first-order valence-corrected chi connectivity index (χ1v) is 14.5. The molecule has 3 aromatic carbocycles. The van der Waals surface area contributed by atoms with Gasteiger partial charge in [-0.25, -0.2) is 0 Å². The zero-order valence-electron chi connectivity index (χ0n) is 24.7. The molecule has 0 saturated carbocycles. The summed E-state index contributed by atoms with van der Waals surface area (Å²) in [6.07, 6.45) is 0.802. The molecule has 1 aliphatic heterocycles. The number of aromatic amines is 1. The van der Waals surface area contributed by atoms with E-state index in [-0.39, 0.29) is 18.2 Å². The molecule has 0 unspecified atom stereocenters. The molecule has 4 aromatic rings. The van der Waals surface area contributed by atoms with Crippen LogP contribution in [0.1, 0.15) is 44.7 Å². The number of hydrogen-bond acceptors (Lipinski definition) is 8. The van der Waals surface area contributed by atoms with E-state index < -0.39 is 17.7 Å². The van der Waals surface area contributed by atoms with Gasteiger partial charge in [0.05, 0.1) is 12.6 Å². The van der Waals surface area contributed by atoms with Crippen molar-refractivity contribution in [2.24, 2.45) is 0 Å². The SMILES string of the molecule is C[C@@H](O)CNC(C)(C)CC(=O)N[C@@H]1CCc2ccccc2N(Cc2ccccc2-c2ccccc2Nc2nn[nH]n2)C1=O. The third-order valence-electron chi connectivity index (χ3n) is 7.52. The number of rotatable bonds is 11. The van der Waals surface area contributed by atoms with E-state index in [2.05, 4.69) is 36.6 Å². The number of anilines is 3. The van der Waals surface area contributed by atoms with Crippen LogP contribution in [-0.4, -0.2) is 61.8 Å². The summed E-state index contributed by atoms with van der Waals surface area (Å²) in [5, 5.41) is 33.2. The molecule has 0 spiro atoms. The van der Waals surface area contributed by atoms with Crippen LogP contribution in [0.2, 0.25) is 0 Å². The number of aliphatic hydroxyl groups excluding tert-OH is 1. The summed E-state index contributed by atoms with van der Waals surface area (Å²) in [6, 6.07) is 23.1. The molecular formula is C32H38N8O3. The van der Waals surface area contributed by atoms with Crippen molar-refractivity contribution in [1.29, 1.82) is 0 Å². The van der Waals surface area contributed by atoms with Crippen LogP contribution in [0, 0.1) is 0 Å². The number of hydrogen-bond donors (Lipinski definition) is 5. The van der Waals surface area contributed by atoms with Crippen LogP contribution in [0.25, 0.3) is 11.1 Å². The summed E-state index contributed by atoms with van der Waals surface area (Å²) in [5.41, 5.74) is 4.99. The Morgan fingerprint density at radius 1 is 1.07 bits per heavy atom. The molecule has 5 rings (SSSR count). The van der Waals surface area contributed by atoms with Gasteiger partial charge in [0, 0.05) is 35.4 Å². The smallest absolute Gasteiger partial charge is 0.267 e. The second-order valence-corrected chi connectivity index (χ2v) is 11.6. The topological polar surface area (TPSA) is 148 Å². The number of nitrogens with one attached hydrogen (secondary N) is 4. The average molecular weight is 583 g/mol. The van der Waals surface area contributed by atoms with Gasteiger partial charge in [0.1, 0.15) is 6.04 Å². The highest BCUT2D eigenvalue weighted by Crippen LogP contribution is 2.35. The molecule has 0 bridgehead atoms. The third-order valence-corrected chi connectivity index (χ3v) is 7.52. The Morgan fingerprint density at radius 3 is 2.56 bits per heavy atom. The maximum Gasteiger partial charge on any atom is 0.267 e. The van der Waals surface area contributed by atoms with Crippen molar-refractivity contribution in [3.8, 4) is 11.1 Å². The van der Waals surface area contributed by atoms with E-state index in [0.29, 0.717) is 31.9 Å². The fraction of sp³-hybridized carbons (Fsp3) is 0.344. The van der Waals surface area contributed by atoms with Crippen molar-refractivity contribution in [3.63, 3.8) is 0 Å². The summed E-state index contributed by atoms with van der Waals surface area (Å²) in [7, 11) is 0. The Hall–Kier alpha value is -4.61.